The van der Waals surface area contributed by atoms with Gasteiger partial charge in [0.25, 0.3) is 0 Å². The zero-order valence-electron chi connectivity index (χ0n) is 18.7. The van der Waals surface area contributed by atoms with Gasteiger partial charge in [0.2, 0.25) is 0 Å². The van der Waals surface area contributed by atoms with E-state index in [-0.39, 0.29) is 10.8 Å². The lowest BCUT2D eigenvalue weighted by Gasteiger charge is -2.26. The molecule has 0 aromatic heterocycles. The number of hydrogen-bond acceptors (Lipinski definition) is 2. The summed E-state index contributed by atoms with van der Waals surface area (Å²) in [6.07, 6.45) is 12.2. The van der Waals surface area contributed by atoms with Gasteiger partial charge in [0, 0.05) is 38.5 Å². The second kappa shape index (κ2) is 10.5. The highest BCUT2D eigenvalue weighted by Crippen LogP contribution is 2.31. The molecule has 0 radical (unpaired) electrons. The average Bonchev–Trinajstić information content (AvgIpc) is 2.52. The summed E-state index contributed by atoms with van der Waals surface area (Å²) in [4.78, 5) is 30.7. The Morgan fingerprint density at radius 2 is 0.964 bits per heavy atom. The van der Waals surface area contributed by atoms with Gasteiger partial charge in [0.15, 0.2) is 11.4 Å². The molecule has 158 valence electrons. The van der Waals surface area contributed by atoms with Gasteiger partial charge in [-0.2, -0.15) is 0 Å². The molecule has 0 unspecified atom stereocenters. The lowest BCUT2D eigenvalue weighted by atomic mass is 9.76. The molecule has 0 aliphatic heterocycles. The Morgan fingerprint density at radius 3 is 1.32 bits per heavy atom. The monoisotopic (exact) mass is 390 g/mol. The molecule has 0 atom stereocenters. The molecule has 0 aromatic rings. The van der Waals surface area contributed by atoms with Crippen LogP contribution in [0, 0.1) is 10.8 Å². The molecule has 2 rings (SSSR count). The molecule has 2 N–H and O–H groups in total. The van der Waals surface area contributed by atoms with E-state index in [0.717, 1.165) is 38.8 Å². The Balaban J connectivity index is 1.51. The second-order valence-corrected chi connectivity index (χ2v) is 10.6. The first kappa shape index (κ1) is 23.0. The highest BCUT2D eigenvalue weighted by atomic mass is 16.1. The number of rotatable bonds is 9. The fourth-order valence-electron chi connectivity index (χ4n) is 4.81. The third-order valence-corrected chi connectivity index (χ3v) is 5.91. The number of Topliss-reactive ketones (excluding diaryl/α,β-unsaturated/α-hetero) is 2. The molecule has 0 aromatic carbocycles. The van der Waals surface area contributed by atoms with Gasteiger partial charge in [0.1, 0.15) is 24.7 Å². The van der Waals surface area contributed by atoms with E-state index in [1.54, 1.807) is 0 Å². The molecule has 2 fully saturated rings. The van der Waals surface area contributed by atoms with Gasteiger partial charge in [-0.05, 0) is 23.7 Å². The quantitative estimate of drug-likeness (QED) is 0.591. The molecule has 4 nitrogen and oxygen atoms in total. The predicted molar refractivity (Wildman–Crippen MR) is 115 cm³/mol. The van der Waals surface area contributed by atoms with Gasteiger partial charge >= 0.3 is 0 Å². The first-order chi connectivity index (χ1) is 13.2. The van der Waals surface area contributed by atoms with Crippen LogP contribution in [0.5, 0.6) is 0 Å². The number of carbonyl (C=O) groups is 2. The molecular formula is C24H42N2O2+2. The zero-order chi connectivity index (χ0) is 20.6. The van der Waals surface area contributed by atoms with Crippen LogP contribution >= 0.6 is 0 Å². The van der Waals surface area contributed by atoms with Gasteiger partial charge < -0.3 is 0 Å². The standard InChI is InChI=1S/C24H40N2O2/c1-23(2)15-19(13-21(27)17-23)25-11-9-7-5-6-8-10-12-26-20-14-22(28)18-24(3,4)16-20/h5-18H2,1-4H3/p+2. The van der Waals surface area contributed by atoms with E-state index in [1.165, 1.54) is 49.9 Å². The molecule has 0 heterocycles. The van der Waals surface area contributed by atoms with Crippen molar-refractivity contribution in [2.45, 2.75) is 105 Å². The maximum Gasteiger partial charge on any atom is 0.158 e. The largest absolute Gasteiger partial charge is 0.299 e. The Labute approximate surface area is 171 Å². The van der Waals surface area contributed by atoms with Crippen molar-refractivity contribution >= 4 is 23.0 Å². The third-order valence-electron chi connectivity index (χ3n) is 5.91. The highest BCUT2D eigenvalue weighted by molar-refractivity contribution is 6.02. The Morgan fingerprint density at radius 1 is 0.607 bits per heavy atom. The van der Waals surface area contributed by atoms with Gasteiger partial charge in [0.05, 0.1) is 12.8 Å². The number of unbranched alkanes of at least 4 members (excludes halogenated alkanes) is 5. The molecular weight excluding hydrogens is 348 g/mol. The minimum absolute atomic E-state index is 0.130. The summed E-state index contributed by atoms with van der Waals surface area (Å²) >= 11 is 0. The van der Waals surface area contributed by atoms with Crippen molar-refractivity contribution < 1.29 is 19.6 Å². The van der Waals surface area contributed by atoms with Crippen LogP contribution in [0.3, 0.4) is 0 Å². The average molecular weight is 391 g/mol. The number of carbonyl (C=O) groups excluding carboxylic acids is 2. The SMILES string of the molecule is CC1(C)CC(=O)CC(=[NH+]CCCCCCCC[NH+]=C2CC(=O)CC(C)(C)C2)C1. The summed E-state index contributed by atoms with van der Waals surface area (Å²) < 4.78 is 0. The fourth-order valence-corrected chi connectivity index (χ4v) is 4.81. The van der Waals surface area contributed by atoms with Crippen molar-refractivity contribution in [3.8, 4) is 0 Å². The molecule has 2 aliphatic rings. The minimum atomic E-state index is 0.130. The third kappa shape index (κ3) is 8.79. The summed E-state index contributed by atoms with van der Waals surface area (Å²) in [6, 6.07) is 0. The first-order valence-corrected chi connectivity index (χ1v) is 11.4. The first-order valence-electron chi connectivity index (χ1n) is 11.4. The van der Waals surface area contributed by atoms with E-state index in [4.69, 9.17) is 0 Å². The van der Waals surface area contributed by atoms with Crippen LogP contribution in [0.15, 0.2) is 0 Å². The fraction of sp³-hybridized carbons (Fsp3) is 0.833. The van der Waals surface area contributed by atoms with Crippen LogP contribution in [0.2, 0.25) is 0 Å². The Bertz CT molecular complexity index is 560. The van der Waals surface area contributed by atoms with Crippen LogP contribution in [-0.4, -0.2) is 36.1 Å². The van der Waals surface area contributed by atoms with Crippen LogP contribution in [0.25, 0.3) is 0 Å². The molecule has 4 heteroatoms. The zero-order valence-corrected chi connectivity index (χ0v) is 18.7. The summed E-state index contributed by atoms with van der Waals surface area (Å²) in [6.45, 7) is 10.8. The minimum Gasteiger partial charge on any atom is -0.299 e. The van der Waals surface area contributed by atoms with Gasteiger partial charge in [-0.15, -0.1) is 0 Å². The summed E-state index contributed by atoms with van der Waals surface area (Å²) in [5.74, 6) is 0.762. The summed E-state index contributed by atoms with van der Waals surface area (Å²) in [7, 11) is 0. The van der Waals surface area contributed by atoms with Crippen molar-refractivity contribution in [3.63, 3.8) is 0 Å². The molecule has 2 saturated carbocycles. The molecule has 0 amide bonds. The molecule has 0 saturated heterocycles. The Kier molecular flexibility index (Phi) is 8.57. The second-order valence-electron chi connectivity index (χ2n) is 10.6. The number of nitrogens with one attached hydrogen (secondary N) is 2. The van der Waals surface area contributed by atoms with Gasteiger partial charge in [-0.25, -0.2) is 9.98 Å². The van der Waals surface area contributed by atoms with E-state index in [2.05, 4.69) is 37.7 Å². The molecule has 28 heavy (non-hydrogen) atoms. The van der Waals surface area contributed by atoms with Gasteiger partial charge in [-0.3, -0.25) is 9.59 Å². The Hall–Kier alpha value is -1.32. The highest BCUT2D eigenvalue weighted by Gasteiger charge is 2.33. The topological polar surface area (TPSA) is 62.1 Å². The summed E-state index contributed by atoms with van der Waals surface area (Å²) in [5, 5.41) is 0. The maximum atomic E-state index is 11.8. The van der Waals surface area contributed by atoms with Crippen molar-refractivity contribution in [3.05, 3.63) is 0 Å². The van der Waals surface area contributed by atoms with Crippen LogP contribution in [0.1, 0.15) is 105 Å². The van der Waals surface area contributed by atoms with Crippen LogP contribution in [0.4, 0.5) is 0 Å². The smallest absolute Gasteiger partial charge is 0.158 e. The number of ketones is 2. The lowest BCUT2D eigenvalue weighted by molar-refractivity contribution is -0.461. The lowest BCUT2D eigenvalue weighted by Crippen LogP contribution is -2.74. The van der Waals surface area contributed by atoms with E-state index >= 15 is 0 Å². The van der Waals surface area contributed by atoms with Gasteiger partial charge in [-0.1, -0.05) is 40.5 Å². The van der Waals surface area contributed by atoms with Crippen LogP contribution < -0.4 is 9.98 Å². The molecule has 0 spiro atoms. The molecule has 2 aliphatic carbocycles. The van der Waals surface area contributed by atoms with E-state index in [0.29, 0.717) is 24.4 Å². The van der Waals surface area contributed by atoms with E-state index in [9.17, 15) is 9.59 Å². The number of hydrogen-bond donors (Lipinski definition) is 2. The van der Waals surface area contributed by atoms with Crippen molar-refractivity contribution in [1.29, 1.82) is 0 Å². The maximum absolute atomic E-state index is 11.8. The van der Waals surface area contributed by atoms with E-state index < -0.39 is 0 Å². The predicted octanol–water partition coefficient (Wildman–Crippen LogP) is 1.93. The summed E-state index contributed by atoms with van der Waals surface area (Å²) in [5.41, 5.74) is 2.75. The van der Waals surface area contributed by atoms with Crippen molar-refractivity contribution in [2.75, 3.05) is 13.1 Å². The molecule has 0 bridgehead atoms. The normalized spacial score (nSPS) is 24.9. The van der Waals surface area contributed by atoms with Crippen molar-refractivity contribution in [2.24, 2.45) is 10.8 Å². The van der Waals surface area contributed by atoms with Crippen LogP contribution in [-0.2, 0) is 9.59 Å². The van der Waals surface area contributed by atoms with E-state index in [1.807, 2.05) is 0 Å². The van der Waals surface area contributed by atoms with Crippen molar-refractivity contribution in [1.82, 2.24) is 0 Å².